The second kappa shape index (κ2) is 7.67. The molecule has 156 valence electrons. The number of nitrogens with zero attached hydrogens (tertiary/aromatic N) is 4. The number of hydrogen-bond donors (Lipinski definition) is 2. The normalized spacial score (nSPS) is 14.2. The molecule has 1 fully saturated rings. The van der Waals surface area contributed by atoms with E-state index in [4.69, 9.17) is 0 Å². The molecular weight excluding hydrogens is 399 g/mol. The zero-order valence-electron chi connectivity index (χ0n) is 16.5. The van der Waals surface area contributed by atoms with Crippen LogP contribution in [-0.2, 0) is 0 Å². The van der Waals surface area contributed by atoms with Crippen LogP contribution in [0.15, 0.2) is 59.8 Å². The summed E-state index contributed by atoms with van der Waals surface area (Å²) in [6.45, 7) is 2.20. The Morgan fingerprint density at radius 2 is 1.81 bits per heavy atom. The number of aromatic nitrogens is 4. The van der Waals surface area contributed by atoms with Crippen LogP contribution in [-0.4, -0.2) is 57.2 Å². The van der Waals surface area contributed by atoms with Crippen molar-refractivity contribution >= 4 is 22.5 Å². The van der Waals surface area contributed by atoms with Crippen LogP contribution >= 0.6 is 0 Å². The third kappa shape index (κ3) is 3.43. The Hall–Kier alpha value is -4.01. The lowest BCUT2D eigenvalue weighted by atomic mass is 10.0. The average Bonchev–Trinajstić information content (AvgIpc) is 3.35. The van der Waals surface area contributed by atoms with Gasteiger partial charge in [0.2, 0.25) is 0 Å². The minimum atomic E-state index is -0.585. The number of carbonyl (C=O) groups is 1. The summed E-state index contributed by atoms with van der Waals surface area (Å²) in [6, 6.07) is 11.4. The molecule has 1 saturated heterocycles. The maximum Gasteiger partial charge on any atom is 0.272 e. The van der Waals surface area contributed by atoms with Crippen molar-refractivity contribution in [1.29, 1.82) is 0 Å². The number of hydrogen-bond acceptors (Lipinski definition) is 5. The number of anilines is 1. The van der Waals surface area contributed by atoms with Gasteiger partial charge < -0.3 is 14.8 Å². The van der Waals surface area contributed by atoms with Gasteiger partial charge in [0.1, 0.15) is 11.6 Å². The van der Waals surface area contributed by atoms with Gasteiger partial charge in [-0.3, -0.25) is 9.59 Å². The van der Waals surface area contributed by atoms with E-state index >= 15 is 0 Å². The molecule has 4 aromatic rings. The molecule has 1 aliphatic heterocycles. The van der Waals surface area contributed by atoms with Crippen molar-refractivity contribution < 1.29 is 9.18 Å². The Balaban J connectivity index is 1.44. The molecule has 0 aliphatic carbocycles. The van der Waals surface area contributed by atoms with Gasteiger partial charge >= 0.3 is 0 Å². The van der Waals surface area contributed by atoms with E-state index in [1.165, 1.54) is 12.1 Å². The van der Waals surface area contributed by atoms with Crippen LogP contribution < -0.4 is 10.5 Å². The highest BCUT2D eigenvalue weighted by Gasteiger charge is 2.25. The van der Waals surface area contributed by atoms with E-state index in [1.807, 2.05) is 6.07 Å². The van der Waals surface area contributed by atoms with E-state index in [0.717, 1.165) is 5.82 Å². The summed E-state index contributed by atoms with van der Waals surface area (Å²) < 4.78 is 14.6. The number of amides is 1. The monoisotopic (exact) mass is 418 g/mol. The van der Waals surface area contributed by atoms with E-state index in [9.17, 15) is 14.0 Å². The van der Waals surface area contributed by atoms with Gasteiger partial charge in [0.15, 0.2) is 0 Å². The summed E-state index contributed by atoms with van der Waals surface area (Å²) in [6.07, 6.45) is 3.35. The SMILES string of the molecule is O=C(c1cc(-c2n[nH]c(=O)c3ccccc23)ccc1F)N1CCN(c2cnc[nH]2)CC1. The van der Waals surface area contributed by atoms with Crippen LogP contribution in [0, 0.1) is 5.82 Å². The van der Waals surface area contributed by atoms with Crippen molar-refractivity contribution in [3.8, 4) is 11.3 Å². The molecule has 9 heteroatoms. The predicted molar refractivity (Wildman–Crippen MR) is 114 cm³/mol. The standard InChI is InChI=1S/C22H19FN6O2/c23-18-6-5-14(20-15-3-1-2-4-16(15)21(30)27-26-20)11-17(18)22(31)29-9-7-28(8-10-29)19-12-24-13-25-19/h1-6,11-13H,7-10H2,(H,24,25)(H,27,30). The lowest BCUT2D eigenvalue weighted by molar-refractivity contribution is 0.0742. The Morgan fingerprint density at radius 1 is 1.03 bits per heavy atom. The predicted octanol–water partition coefficient (Wildman–Crippen LogP) is 2.41. The summed E-state index contributed by atoms with van der Waals surface area (Å²) >= 11 is 0. The van der Waals surface area contributed by atoms with Crippen molar-refractivity contribution in [2.24, 2.45) is 0 Å². The molecule has 2 aromatic carbocycles. The maximum atomic E-state index is 14.6. The Morgan fingerprint density at radius 3 is 2.55 bits per heavy atom. The Kier molecular flexibility index (Phi) is 4.70. The molecule has 8 nitrogen and oxygen atoms in total. The van der Waals surface area contributed by atoms with Gasteiger partial charge in [-0.2, -0.15) is 5.10 Å². The summed E-state index contributed by atoms with van der Waals surface area (Å²) in [5.41, 5.74) is 0.749. The molecule has 0 bridgehead atoms. The number of halogens is 1. The quantitative estimate of drug-likeness (QED) is 0.533. The third-order valence-electron chi connectivity index (χ3n) is 5.56. The third-order valence-corrected chi connectivity index (χ3v) is 5.56. The lowest BCUT2D eigenvalue weighted by Gasteiger charge is -2.35. The molecule has 31 heavy (non-hydrogen) atoms. The van der Waals surface area contributed by atoms with Gasteiger partial charge in [-0.25, -0.2) is 14.5 Å². The second-order valence-corrected chi connectivity index (χ2v) is 7.36. The fraction of sp³-hybridized carbons (Fsp3) is 0.182. The van der Waals surface area contributed by atoms with E-state index in [-0.39, 0.29) is 17.0 Å². The van der Waals surface area contributed by atoms with Crippen LogP contribution in [0.3, 0.4) is 0 Å². The molecule has 3 heterocycles. The first kappa shape index (κ1) is 19.0. The van der Waals surface area contributed by atoms with Gasteiger partial charge in [-0.1, -0.05) is 18.2 Å². The molecule has 0 atom stereocenters. The fourth-order valence-electron chi connectivity index (χ4n) is 3.91. The van der Waals surface area contributed by atoms with Crippen LogP contribution in [0.5, 0.6) is 0 Å². The van der Waals surface area contributed by atoms with Crippen molar-refractivity contribution in [3.05, 3.63) is 76.7 Å². The van der Waals surface area contributed by atoms with Gasteiger partial charge in [0, 0.05) is 37.1 Å². The Labute approximate surface area is 176 Å². The van der Waals surface area contributed by atoms with E-state index in [0.29, 0.717) is 48.2 Å². The molecular formula is C22H19FN6O2. The first-order valence-electron chi connectivity index (χ1n) is 9.92. The number of piperazine rings is 1. The van der Waals surface area contributed by atoms with Crippen molar-refractivity contribution in [1.82, 2.24) is 25.1 Å². The molecule has 1 aliphatic rings. The van der Waals surface area contributed by atoms with E-state index in [1.54, 1.807) is 41.7 Å². The number of rotatable bonds is 3. The molecule has 2 N–H and O–H groups in total. The number of imidazole rings is 1. The summed E-state index contributed by atoms with van der Waals surface area (Å²) in [5.74, 6) is -0.0490. The van der Waals surface area contributed by atoms with Gasteiger partial charge in [-0.05, 0) is 24.3 Å². The topological polar surface area (TPSA) is 98.0 Å². The maximum absolute atomic E-state index is 14.6. The van der Waals surface area contributed by atoms with Crippen molar-refractivity contribution in [2.45, 2.75) is 0 Å². The number of fused-ring (bicyclic) bond motifs is 1. The summed E-state index contributed by atoms with van der Waals surface area (Å²) in [7, 11) is 0. The van der Waals surface area contributed by atoms with Gasteiger partial charge in [0.25, 0.3) is 11.5 Å². The summed E-state index contributed by atoms with van der Waals surface area (Å²) in [5, 5.41) is 7.76. The highest BCUT2D eigenvalue weighted by Crippen LogP contribution is 2.27. The number of carbonyl (C=O) groups excluding carboxylic acids is 1. The molecule has 2 aromatic heterocycles. The molecule has 0 unspecified atom stereocenters. The van der Waals surface area contributed by atoms with Crippen LogP contribution in [0.1, 0.15) is 10.4 Å². The smallest absolute Gasteiger partial charge is 0.272 e. The van der Waals surface area contributed by atoms with Gasteiger partial charge in [-0.15, -0.1) is 0 Å². The average molecular weight is 418 g/mol. The van der Waals surface area contributed by atoms with Crippen LogP contribution in [0.25, 0.3) is 22.0 Å². The van der Waals surface area contributed by atoms with Crippen molar-refractivity contribution in [3.63, 3.8) is 0 Å². The zero-order chi connectivity index (χ0) is 21.4. The molecule has 1 amide bonds. The lowest BCUT2D eigenvalue weighted by Crippen LogP contribution is -2.49. The van der Waals surface area contributed by atoms with E-state index in [2.05, 4.69) is 25.1 Å². The first-order valence-corrected chi connectivity index (χ1v) is 9.92. The molecule has 5 rings (SSSR count). The highest BCUT2D eigenvalue weighted by molar-refractivity contribution is 5.98. The minimum Gasteiger partial charge on any atom is -0.353 e. The second-order valence-electron chi connectivity index (χ2n) is 7.36. The van der Waals surface area contributed by atoms with Crippen LogP contribution in [0.2, 0.25) is 0 Å². The number of H-pyrrole nitrogens is 2. The Bertz CT molecular complexity index is 1310. The highest BCUT2D eigenvalue weighted by atomic mass is 19.1. The molecule has 0 saturated carbocycles. The van der Waals surface area contributed by atoms with E-state index < -0.39 is 5.82 Å². The van der Waals surface area contributed by atoms with Crippen molar-refractivity contribution in [2.75, 3.05) is 31.1 Å². The number of nitrogens with one attached hydrogen (secondary N) is 2. The number of benzene rings is 2. The first-order chi connectivity index (χ1) is 15.1. The van der Waals surface area contributed by atoms with Gasteiger partial charge in [0.05, 0.1) is 29.2 Å². The minimum absolute atomic E-state index is 0.00966. The zero-order valence-corrected chi connectivity index (χ0v) is 16.5. The molecule has 0 radical (unpaired) electrons. The number of aromatic amines is 2. The molecule has 0 spiro atoms. The summed E-state index contributed by atoms with van der Waals surface area (Å²) in [4.78, 5) is 36.0. The largest absolute Gasteiger partial charge is 0.353 e. The van der Waals surface area contributed by atoms with Crippen LogP contribution in [0.4, 0.5) is 10.2 Å². The fourth-order valence-corrected chi connectivity index (χ4v) is 3.91.